The van der Waals surface area contributed by atoms with Gasteiger partial charge in [0.25, 0.3) is 6.43 Å². The number of rotatable bonds is 5. The van der Waals surface area contributed by atoms with Crippen molar-refractivity contribution in [3.8, 4) is 6.07 Å². The molecule has 1 aromatic rings. The number of nitriles is 1. The lowest BCUT2D eigenvalue weighted by Gasteiger charge is -2.32. The maximum Gasteiger partial charge on any atom is 0.251 e. The Labute approximate surface area is 145 Å². The first kappa shape index (κ1) is 19.1. The van der Waals surface area contributed by atoms with Gasteiger partial charge in [-0.05, 0) is 31.0 Å². The van der Waals surface area contributed by atoms with Gasteiger partial charge < -0.3 is 10.6 Å². The second-order valence-corrected chi connectivity index (χ2v) is 5.95. The zero-order valence-electron chi connectivity index (χ0n) is 14.1. The van der Waals surface area contributed by atoms with Crippen LogP contribution in [-0.2, 0) is 6.54 Å². The van der Waals surface area contributed by atoms with Crippen LogP contribution in [0.4, 0.5) is 13.2 Å². The molecule has 2 rings (SSSR count). The van der Waals surface area contributed by atoms with Crippen molar-refractivity contribution >= 4 is 5.96 Å². The Morgan fingerprint density at radius 1 is 1.40 bits per heavy atom. The highest BCUT2D eigenvalue weighted by atomic mass is 19.3. The normalized spacial score (nSPS) is 16.7. The molecule has 1 saturated heterocycles. The van der Waals surface area contributed by atoms with Gasteiger partial charge in [0, 0.05) is 38.3 Å². The van der Waals surface area contributed by atoms with E-state index in [9.17, 15) is 13.2 Å². The second kappa shape index (κ2) is 9.28. The van der Waals surface area contributed by atoms with Gasteiger partial charge in [0.15, 0.2) is 5.96 Å². The number of alkyl halides is 2. The maximum atomic E-state index is 13.8. The zero-order valence-corrected chi connectivity index (χ0v) is 14.1. The standard InChI is InChI=1S/C17H22F3N5/c1-22-17(23-10-13-8-12(9-21)2-3-15(13)18)24-14-4-6-25(7-5-14)11-16(19)20/h2-3,8,14,16H,4-7,10-11H2,1H3,(H2,22,23,24). The molecule has 1 aromatic carbocycles. The highest BCUT2D eigenvalue weighted by Gasteiger charge is 2.22. The van der Waals surface area contributed by atoms with Crippen LogP contribution in [0.2, 0.25) is 0 Å². The summed E-state index contributed by atoms with van der Waals surface area (Å²) in [7, 11) is 1.61. The van der Waals surface area contributed by atoms with Gasteiger partial charge in [-0.15, -0.1) is 0 Å². The number of halogens is 3. The molecule has 1 fully saturated rings. The average Bonchev–Trinajstić information content (AvgIpc) is 2.60. The summed E-state index contributed by atoms with van der Waals surface area (Å²) >= 11 is 0. The fourth-order valence-electron chi connectivity index (χ4n) is 2.80. The van der Waals surface area contributed by atoms with E-state index in [1.165, 1.54) is 18.2 Å². The minimum Gasteiger partial charge on any atom is -0.354 e. The number of hydrogen-bond donors (Lipinski definition) is 2. The Bertz CT molecular complexity index is 634. The summed E-state index contributed by atoms with van der Waals surface area (Å²) in [4.78, 5) is 5.86. The molecule has 1 heterocycles. The van der Waals surface area contributed by atoms with Crippen LogP contribution in [0.15, 0.2) is 23.2 Å². The predicted molar refractivity (Wildman–Crippen MR) is 89.9 cm³/mol. The minimum absolute atomic E-state index is 0.135. The van der Waals surface area contributed by atoms with E-state index in [2.05, 4.69) is 15.6 Å². The van der Waals surface area contributed by atoms with E-state index in [0.29, 0.717) is 30.2 Å². The topological polar surface area (TPSA) is 63.5 Å². The summed E-state index contributed by atoms with van der Waals surface area (Å²) in [5.74, 6) is 0.135. The number of benzene rings is 1. The summed E-state index contributed by atoms with van der Waals surface area (Å²) in [6.45, 7) is 1.23. The average molecular weight is 353 g/mol. The van der Waals surface area contributed by atoms with Crippen molar-refractivity contribution < 1.29 is 13.2 Å². The van der Waals surface area contributed by atoms with Crippen LogP contribution >= 0.6 is 0 Å². The third-order valence-corrected chi connectivity index (χ3v) is 4.17. The largest absolute Gasteiger partial charge is 0.354 e. The fraction of sp³-hybridized carbons (Fsp3) is 0.529. The van der Waals surface area contributed by atoms with Crippen molar-refractivity contribution in [1.29, 1.82) is 5.26 Å². The number of nitrogens with one attached hydrogen (secondary N) is 2. The van der Waals surface area contributed by atoms with Crippen LogP contribution in [0.1, 0.15) is 24.0 Å². The van der Waals surface area contributed by atoms with Crippen molar-refractivity contribution in [3.63, 3.8) is 0 Å². The summed E-state index contributed by atoms with van der Waals surface area (Å²) < 4.78 is 38.6. The van der Waals surface area contributed by atoms with E-state index in [4.69, 9.17) is 5.26 Å². The molecule has 0 atom stereocenters. The lowest BCUT2D eigenvalue weighted by molar-refractivity contribution is 0.0744. The van der Waals surface area contributed by atoms with E-state index < -0.39 is 6.43 Å². The minimum atomic E-state index is -2.31. The van der Waals surface area contributed by atoms with Crippen LogP contribution in [0.3, 0.4) is 0 Å². The maximum absolute atomic E-state index is 13.8. The molecule has 8 heteroatoms. The molecule has 0 radical (unpaired) electrons. The summed E-state index contributed by atoms with van der Waals surface area (Å²) in [6.07, 6.45) is -0.824. The van der Waals surface area contributed by atoms with E-state index in [-0.39, 0.29) is 24.9 Å². The summed E-state index contributed by atoms with van der Waals surface area (Å²) in [5.41, 5.74) is 0.779. The molecule has 1 aliphatic rings. The Morgan fingerprint density at radius 2 is 2.12 bits per heavy atom. The van der Waals surface area contributed by atoms with Crippen molar-refractivity contribution in [3.05, 3.63) is 35.1 Å². The molecule has 0 spiro atoms. The molecule has 25 heavy (non-hydrogen) atoms. The van der Waals surface area contributed by atoms with E-state index >= 15 is 0 Å². The van der Waals surface area contributed by atoms with Gasteiger partial charge in [-0.1, -0.05) is 0 Å². The van der Waals surface area contributed by atoms with Gasteiger partial charge in [0.05, 0.1) is 18.2 Å². The number of likely N-dealkylation sites (tertiary alicyclic amines) is 1. The third-order valence-electron chi connectivity index (χ3n) is 4.17. The molecule has 136 valence electrons. The Hall–Kier alpha value is -2.27. The molecule has 0 aliphatic carbocycles. The number of aliphatic imine (C=N–C) groups is 1. The van der Waals surface area contributed by atoms with Gasteiger partial charge in [0.1, 0.15) is 5.82 Å². The molecule has 0 aromatic heterocycles. The smallest absolute Gasteiger partial charge is 0.251 e. The van der Waals surface area contributed by atoms with Gasteiger partial charge in [-0.25, -0.2) is 13.2 Å². The van der Waals surface area contributed by atoms with Crippen LogP contribution in [0, 0.1) is 17.1 Å². The molecule has 0 saturated carbocycles. The van der Waals surface area contributed by atoms with Gasteiger partial charge in [-0.3, -0.25) is 9.89 Å². The van der Waals surface area contributed by atoms with Crippen LogP contribution in [-0.4, -0.2) is 50.0 Å². The molecular formula is C17H22F3N5. The molecular weight excluding hydrogens is 331 g/mol. The van der Waals surface area contributed by atoms with Gasteiger partial charge in [-0.2, -0.15) is 5.26 Å². The first-order chi connectivity index (χ1) is 12.0. The van der Waals surface area contributed by atoms with Crippen molar-refractivity contribution in [2.24, 2.45) is 4.99 Å². The lowest BCUT2D eigenvalue weighted by Crippen LogP contribution is -2.49. The van der Waals surface area contributed by atoms with Gasteiger partial charge >= 0.3 is 0 Å². The van der Waals surface area contributed by atoms with Gasteiger partial charge in [0.2, 0.25) is 0 Å². The van der Waals surface area contributed by atoms with E-state index in [1.54, 1.807) is 11.9 Å². The SMILES string of the molecule is CN=C(NCc1cc(C#N)ccc1F)NC1CCN(CC(F)F)CC1. The number of nitrogens with zero attached hydrogens (tertiary/aromatic N) is 3. The van der Waals surface area contributed by atoms with Crippen molar-refractivity contribution in [2.45, 2.75) is 31.9 Å². The Balaban J connectivity index is 1.83. The molecule has 1 aliphatic heterocycles. The fourth-order valence-corrected chi connectivity index (χ4v) is 2.80. The summed E-state index contributed by atoms with van der Waals surface area (Å²) in [5, 5.41) is 15.1. The third kappa shape index (κ3) is 5.94. The van der Waals surface area contributed by atoms with Crippen LogP contribution in [0.25, 0.3) is 0 Å². The summed E-state index contributed by atoms with van der Waals surface area (Å²) in [6, 6.07) is 6.31. The zero-order chi connectivity index (χ0) is 18.2. The van der Waals surface area contributed by atoms with Crippen molar-refractivity contribution in [2.75, 3.05) is 26.7 Å². The first-order valence-corrected chi connectivity index (χ1v) is 8.18. The number of guanidine groups is 1. The first-order valence-electron chi connectivity index (χ1n) is 8.18. The Morgan fingerprint density at radius 3 is 2.72 bits per heavy atom. The quantitative estimate of drug-likeness (QED) is 0.629. The van der Waals surface area contributed by atoms with Crippen molar-refractivity contribution in [1.82, 2.24) is 15.5 Å². The van der Waals surface area contributed by atoms with E-state index in [0.717, 1.165) is 12.8 Å². The van der Waals surface area contributed by atoms with Crippen LogP contribution < -0.4 is 10.6 Å². The lowest BCUT2D eigenvalue weighted by atomic mass is 10.1. The Kier molecular flexibility index (Phi) is 7.07. The van der Waals surface area contributed by atoms with E-state index in [1.807, 2.05) is 6.07 Å². The number of piperidine rings is 1. The molecule has 0 amide bonds. The monoisotopic (exact) mass is 353 g/mol. The molecule has 0 bridgehead atoms. The number of hydrogen-bond acceptors (Lipinski definition) is 3. The predicted octanol–water partition coefficient (Wildman–Crippen LogP) is 2.09. The molecule has 5 nitrogen and oxygen atoms in total. The molecule has 2 N–H and O–H groups in total. The molecule has 0 unspecified atom stereocenters. The highest BCUT2D eigenvalue weighted by Crippen LogP contribution is 2.12. The highest BCUT2D eigenvalue weighted by molar-refractivity contribution is 5.80. The second-order valence-electron chi connectivity index (χ2n) is 5.95. The van der Waals surface area contributed by atoms with Crippen LogP contribution in [0.5, 0.6) is 0 Å².